The first-order valence-corrected chi connectivity index (χ1v) is 25.9. The van der Waals surface area contributed by atoms with Crippen LogP contribution >= 0.6 is 0 Å². The number of methoxy groups -OCH3 is 2. The number of carbonyl (C=O) groups is 7. The molecule has 1 rings (SSSR count). The standard InChI is InChI=1S/C29H44O8.C25H47N3O6/c1-4-29(22-35-26(30)16-10-6-12-20-33-2,23-36-27(31)17-11-7-13-21-34-3)24-37-28(32)19-18-25-14-8-5-9-15-25;1-22(29)14-10-6-4-8-12-16-26-24(31)33-20-18-28(3)19-21-34-25(32)27-17-13-9-5-7-11-15-23(2)30/h5,8-9,14-15,18-19H,4,6-7,10-13,16-17,20-24H2,1-3H3;4-21H2,1-3H3,(H,26,31)(H,27,32)/b19-18+;. The summed E-state index contributed by atoms with van der Waals surface area (Å²) in [5, 5.41) is 5.48. The maximum Gasteiger partial charge on any atom is 0.407 e. The van der Waals surface area contributed by atoms with Crippen molar-refractivity contribution in [1.29, 1.82) is 0 Å². The van der Waals surface area contributed by atoms with E-state index in [4.69, 9.17) is 33.2 Å². The highest BCUT2D eigenvalue weighted by atomic mass is 16.6. The van der Waals surface area contributed by atoms with Crippen molar-refractivity contribution in [3.8, 4) is 0 Å². The fourth-order valence-corrected chi connectivity index (χ4v) is 6.67. The van der Waals surface area contributed by atoms with Crippen molar-refractivity contribution in [2.24, 2.45) is 5.41 Å². The highest BCUT2D eigenvalue weighted by Gasteiger charge is 2.34. The summed E-state index contributed by atoms with van der Waals surface area (Å²) in [6, 6.07) is 9.41. The molecule has 0 aliphatic heterocycles. The Bertz CT molecular complexity index is 1510. The number of carbonyl (C=O) groups excluding carboxylic acids is 7. The number of amides is 2. The van der Waals surface area contributed by atoms with Gasteiger partial charge < -0.3 is 53.4 Å². The molecule has 71 heavy (non-hydrogen) atoms. The molecule has 17 heteroatoms. The van der Waals surface area contributed by atoms with Crippen LogP contribution in [0.1, 0.15) is 161 Å². The minimum absolute atomic E-state index is 0.00277. The molecule has 2 amide bonds. The van der Waals surface area contributed by atoms with Gasteiger partial charge in [-0.05, 0) is 90.3 Å². The predicted octanol–water partition coefficient (Wildman–Crippen LogP) is 9.37. The van der Waals surface area contributed by atoms with Gasteiger partial charge in [0, 0.05) is 85.4 Å². The number of hydrogen-bond donors (Lipinski definition) is 2. The SMILES string of the molecule is CC(=O)CCCCCCCNC(=O)OCCN(C)CCOC(=O)NCCCCCCCC(C)=O.CCC(COC(=O)/C=C/c1ccccc1)(COC(=O)CCCCCOC)COC(=O)CCCCCOC. The number of hydrogen-bond acceptors (Lipinski definition) is 15. The molecule has 406 valence electrons. The molecule has 0 fully saturated rings. The fraction of sp³-hybridized carbons (Fsp3) is 0.722. The third-order valence-corrected chi connectivity index (χ3v) is 11.4. The minimum Gasteiger partial charge on any atom is -0.465 e. The van der Waals surface area contributed by atoms with Crippen molar-refractivity contribution in [2.45, 2.75) is 156 Å². The zero-order valence-electron chi connectivity index (χ0n) is 44.3. The summed E-state index contributed by atoms with van der Waals surface area (Å²) in [6.07, 6.45) is 19.5. The predicted molar refractivity (Wildman–Crippen MR) is 275 cm³/mol. The first-order chi connectivity index (χ1) is 34.2. The molecule has 0 saturated heterocycles. The summed E-state index contributed by atoms with van der Waals surface area (Å²) in [7, 11) is 5.18. The number of Topliss-reactive ketones (excluding diaryl/α,β-unsaturated/α-hetero) is 2. The Balaban J connectivity index is 0.00000139. The van der Waals surface area contributed by atoms with E-state index in [9.17, 15) is 33.6 Å². The molecule has 0 atom stereocenters. The summed E-state index contributed by atoms with van der Waals surface area (Å²) >= 11 is 0. The Hall–Kier alpha value is -4.87. The van der Waals surface area contributed by atoms with Crippen LogP contribution in [0.25, 0.3) is 6.08 Å². The lowest BCUT2D eigenvalue weighted by Crippen LogP contribution is -2.39. The molecular formula is C54H91N3O14. The monoisotopic (exact) mass is 1010 g/mol. The molecular weight excluding hydrogens is 915 g/mol. The summed E-state index contributed by atoms with van der Waals surface area (Å²) in [5.41, 5.74) is 0.0493. The van der Waals surface area contributed by atoms with Gasteiger partial charge >= 0.3 is 30.1 Å². The Morgan fingerprint density at radius 3 is 1.37 bits per heavy atom. The van der Waals surface area contributed by atoms with Gasteiger partial charge in [0.15, 0.2) is 0 Å². The summed E-state index contributed by atoms with van der Waals surface area (Å²) in [4.78, 5) is 84.0. The molecule has 0 aliphatic rings. The second kappa shape index (κ2) is 46.2. The minimum atomic E-state index is -0.826. The van der Waals surface area contributed by atoms with Crippen LogP contribution in [0.2, 0.25) is 0 Å². The molecule has 0 bridgehead atoms. The number of benzene rings is 1. The number of unbranched alkanes of at least 4 members (excludes halogenated alkanes) is 12. The van der Waals surface area contributed by atoms with Crippen molar-refractivity contribution < 1.29 is 66.7 Å². The van der Waals surface area contributed by atoms with E-state index in [0.29, 0.717) is 84.3 Å². The lowest BCUT2D eigenvalue weighted by molar-refractivity contribution is -0.160. The molecule has 1 aromatic rings. The number of esters is 3. The van der Waals surface area contributed by atoms with Gasteiger partial charge in [-0.25, -0.2) is 14.4 Å². The number of alkyl carbamates (subject to hydrolysis) is 2. The van der Waals surface area contributed by atoms with Crippen LogP contribution < -0.4 is 10.6 Å². The molecule has 1 aromatic carbocycles. The van der Waals surface area contributed by atoms with Crippen LogP contribution in [0.15, 0.2) is 36.4 Å². The average Bonchev–Trinajstić information content (AvgIpc) is 3.35. The van der Waals surface area contributed by atoms with E-state index in [-0.39, 0.29) is 56.5 Å². The zero-order valence-corrected chi connectivity index (χ0v) is 44.3. The summed E-state index contributed by atoms with van der Waals surface area (Å²) < 4.78 is 36.9. The maximum absolute atomic E-state index is 12.4. The van der Waals surface area contributed by atoms with Crippen LogP contribution in [0.5, 0.6) is 0 Å². The van der Waals surface area contributed by atoms with Crippen LogP contribution in [-0.4, -0.2) is 140 Å². The number of rotatable bonds is 43. The van der Waals surface area contributed by atoms with Crippen molar-refractivity contribution in [3.05, 3.63) is 42.0 Å². The third kappa shape index (κ3) is 43.6. The lowest BCUT2D eigenvalue weighted by atomic mass is 9.88. The maximum atomic E-state index is 12.4. The van der Waals surface area contributed by atoms with Crippen molar-refractivity contribution >= 4 is 47.7 Å². The second-order valence-electron chi connectivity index (χ2n) is 18.0. The summed E-state index contributed by atoms with van der Waals surface area (Å²) in [6.45, 7) is 9.23. The van der Waals surface area contributed by atoms with Gasteiger partial charge in [-0.2, -0.15) is 0 Å². The quantitative estimate of drug-likeness (QED) is 0.0270. The number of nitrogens with zero attached hydrogens (tertiary/aromatic N) is 1. The molecule has 0 spiro atoms. The highest BCUT2D eigenvalue weighted by Crippen LogP contribution is 2.25. The Morgan fingerprint density at radius 2 is 0.930 bits per heavy atom. The van der Waals surface area contributed by atoms with E-state index in [1.807, 2.05) is 49.2 Å². The van der Waals surface area contributed by atoms with Crippen LogP contribution in [0.4, 0.5) is 9.59 Å². The normalized spacial score (nSPS) is 11.1. The zero-order chi connectivity index (χ0) is 52.6. The molecule has 0 radical (unpaired) electrons. The average molecular weight is 1010 g/mol. The van der Waals surface area contributed by atoms with Gasteiger partial charge in [0.05, 0.1) is 5.41 Å². The molecule has 0 aromatic heterocycles. The number of ketones is 2. The van der Waals surface area contributed by atoms with Gasteiger partial charge in [-0.3, -0.25) is 14.5 Å². The van der Waals surface area contributed by atoms with Gasteiger partial charge in [0.1, 0.15) is 44.6 Å². The highest BCUT2D eigenvalue weighted by molar-refractivity contribution is 5.87. The van der Waals surface area contributed by atoms with Gasteiger partial charge in [0.2, 0.25) is 0 Å². The Morgan fingerprint density at radius 1 is 0.521 bits per heavy atom. The van der Waals surface area contributed by atoms with E-state index in [2.05, 4.69) is 10.6 Å². The molecule has 17 nitrogen and oxygen atoms in total. The third-order valence-electron chi connectivity index (χ3n) is 11.4. The molecule has 0 heterocycles. The number of nitrogens with one attached hydrogen (secondary N) is 2. The second-order valence-corrected chi connectivity index (χ2v) is 18.0. The first-order valence-electron chi connectivity index (χ1n) is 25.9. The van der Waals surface area contributed by atoms with Gasteiger partial charge in [-0.1, -0.05) is 88.6 Å². The number of likely N-dealkylation sites (N-methyl/N-ethyl adjacent to an activating group) is 1. The van der Waals surface area contributed by atoms with Gasteiger partial charge in [-0.15, -0.1) is 0 Å². The van der Waals surface area contributed by atoms with Crippen molar-refractivity contribution in [3.63, 3.8) is 0 Å². The van der Waals surface area contributed by atoms with Crippen LogP contribution in [-0.2, 0) is 57.1 Å². The Kier molecular flexibility index (Phi) is 43.0. The molecule has 2 N–H and O–H groups in total. The molecule has 0 unspecified atom stereocenters. The number of ether oxygens (including phenoxy) is 7. The fourth-order valence-electron chi connectivity index (χ4n) is 6.67. The molecule has 0 saturated carbocycles. The van der Waals surface area contributed by atoms with Crippen LogP contribution in [0, 0.1) is 5.41 Å². The van der Waals surface area contributed by atoms with E-state index in [1.54, 1.807) is 34.1 Å². The van der Waals surface area contributed by atoms with Crippen molar-refractivity contribution in [1.82, 2.24) is 15.5 Å². The van der Waals surface area contributed by atoms with E-state index in [0.717, 1.165) is 95.5 Å². The van der Waals surface area contributed by atoms with E-state index in [1.165, 1.54) is 6.08 Å². The lowest BCUT2D eigenvalue weighted by Gasteiger charge is -2.31. The topological polar surface area (TPSA) is 211 Å². The largest absolute Gasteiger partial charge is 0.465 e. The van der Waals surface area contributed by atoms with E-state index >= 15 is 0 Å². The van der Waals surface area contributed by atoms with Crippen LogP contribution in [0.3, 0.4) is 0 Å². The van der Waals surface area contributed by atoms with Crippen molar-refractivity contribution in [2.75, 3.05) is 93.7 Å². The first kappa shape index (κ1) is 66.1. The van der Waals surface area contributed by atoms with Gasteiger partial charge in [0.25, 0.3) is 0 Å². The van der Waals surface area contributed by atoms with E-state index < -0.39 is 23.6 Å². The summed E-state index contributed by atoms with van der Waals surface area (Å²) in [5.74, 6) is -0.685. The smallest absolute Gasteiger partial charge is 0.407 e. The molecule has 0 aliphatic carbocycles. The Labute approximate surface area is 425 Å².